The standard InChI is InChI=1S/C54H56F4N4/c1-51(2,3)37-29-33(21-25-41(37)55)59-45-17-13-14-18-46(45)60(34-22-26-42(56)38(30-34)52(4,5)6)49(59)50-61(35-23-27-43(57)39(31-35)53(7,8)9)47-19-15-16-20-48(47)62(50)36-24-28-44(58)40(32-36)54(10,11)12/h13-32H,1-12H3. The number of para-hydroxylation sites is 4. The summed E-state index contributed by atoms with van der Waals surface area (Å²) in [5.74, 6) is 0.0315. The van der Waals surface area contributed by atoms with E-state index < -0.39 is 21.7 Å². The summed E-state index contributed by atoms with van der Waals surface area (Å²) >= 11 is 0. The largest absolute Gasteiger partial charge is 0.291 e. The molecule has 6 aromatic rings. The third kappa shape index (κ3) is 7.31. The summed E-state index contributed by atoms with van der Waals surface area (Å²) < 4.78 is 63.6. The lowest BCUT2D eigenvalue weighted by molar-refractivity contribution is 0.522. The molecule has 0 saturated carbocycles. The van der Waals surface area contributed by atoms with Crippen LogP contribution in [0.5, 0.6) is 0 Å². The van der Waals surface area contributed by atoms with Gasteiger partial charge >= 0.3 is 0 Å². The van der Waals surface area contributed by atoms with Crippen LogP contribution in [0.4, 0.5) is 63.1 Å². The maximum atomic E-state index is 15.9. The van der Waals surface area contributed by atoms with E-state index in [-0.39, 0.29) is 23.3 Å². The summed E-state index contributed by atoms with van der Waals surface area (Å²) in [5.41, 5.74) is 6.03. The molecule has 6 aromatic carbocycles. The molecule has 0 bridgehead atoms. The van der Waals surface area contributed by atoms with Crippen molar-refractivity contribution in [3.05, 3.63) is 178 Å². The van der Waals surface area contributed by atoms with Crippen molar-refractivity contribution in [2.75, 3.05) is 19.6 Å². The fourth-order valence-electron chi connectivity index (χ4n) is 8.69. The van der Waals surface area contributed by atoms with Gasteiger partial charge in [-0.1, -0.05) is 107 Å². The third-order valence-electron chi connectivity index (χ3n) is 11.8. The van der Waals surface area contributed by atoms with E-state index in [9.17, 15) is 0 Å². The van der Waals surface area contributed by atoms with Crippen molar-refractivity contribution in [1.29, 1.82) is 0 Å². The van der Waals surface area contributed by atoms with Crippen LogP contribution in [0.25, 0.3) is 0 Å². The van der Waals surface area contributed by atoms with E-state index in [2.05, 4.69) is 19.6 Å². The van der Waals surface area contributed by atoms with E-state index in [1.54, 1.807) is 24.3 Å². The summed E-state index contributed by atoms with van der Waals surface area (Å²) in [6, 6.07) is 36.9. The van der Waals surface area contributed by atoms with E-state index in [0.29, 0.717) is 56.6 Å². The van der Waals surface area contributed by atoms with E-state index >= 15 is 17.6 Å². The highest BCUT2D eigenvalue weighted by Gasteiger charge is 2.45. The molecule has 0 spiro atoms. The lowest BCUT2D eigenvalue weighted by Crippen LogP contribution is -2.34. The minimum Gasteiger partial charge on any atom is -0.291 e. The van der Waals surface area contributed by atoms with Gasteiger partial charge in [0.15, 0.2) is 11.6 Å². The van der Waals surface area contributed by atoms with Crippen LogP contribution in [0.15, 0.2) is 133 Å². The molecule has 8 heteroatoms. The maximum absolute atomic E-state index is 15.9. The molecule has 0 aliphatic carbocycles. The van der Waals surface area contributed by atoms with Gasteiger partial charge in [0.25, 0.3) is 0 Å². The molecule has 0 aromatic heterocycles. The average molecular weight is 837 g/mol. The van der Waals surface area contributed by atoms with Gasteiger partial charge in [-0.15, -0.1) is 0 Å². The number of rotatable bonds is 4. The number of nitrogens with zero attached hydrogens (tertiary/aromatic N) is 4. The maximum Gasteiger partial charge on any atom is 0.166 e. The Bertz CT molecular complexity index is 2390. The average Bonchev–Trinajstić information content (AvgIpc) is 3.70. The van der Waals surface area contributed by atoms with Gasteiger partial charge in [0.2, 0.25) is 0 Å². The fourth-order valence-corrected chi connectivity index (χ4v) is 8.69. The van der Waals surface area contributed by atoms with E-state index in [0.717, 1.165) is 22.7 Å². The summed E-state index contributed by atoms with van der Waals surface area (Å²) in [5, 5.41) is 0. The Hall–Kier alpha value is -6.02. The zero-order valence-corrected chi connectivity index (χ0v) is 37.8. The SMILES string of the molecule is CC(C)(C)c1cc(N2C(=C3N(c4ccc(F)c(C(C)(C)C)c4)c4ccccc4N3c3ccc(F)c(C(C)(C)C)c3)N(c3ccc(F)c(C(C)(C)C)c3)c3ccccc32)ccc1F. The van der Waals surface area contributed by atoms with Crippen LogP contribution < -0.4 is 19.6 Å². The van der Waals surface area contributed by atoms with Crippen LogP contribution in [0.3, 0.4) is 0 Å². The van der Waals surface area contributed by atoms with Crippen LogP contribution in [0.1, 0.15) is 105 Å². The van der Waals surface area contributed by atoms with Gasteiger partial charge in [-0.25, -0.2) is 17.6 Å². The topological polar surface area (TPSA) is 13.0 Å². The van der Waals surface area contributed by atoms with Crippen LogP contribution in [0.2, 0.25) is 0 Å². The minimum atomic E-state index is -0.540. The van der Waals surface area contributed by atoms with Crippen molar-refractivity contribution in [2.24, 2.45) is 0 Å². The Morgan fingerprint density at radius 3 is 0.661 bits per heavy atom. The van der Waals surface area contributed by atoms with Crippen LogP contribution >= 0.6 is 0 Å². The molecule has 0 N–H and O–H groups in total. The molecule has 0 saturated heterocycles. The summed E-state index contributed by atoms with van der Waals surface area (Å²) in [6.45, 7) is 23.9. The number of hydrogen-bond acceptors (Lipinski definition) is 4. The van der Waals surface area contributed by atoms with Gasteiger partial charge < -0.3 is 0 Å². The summed E-state index contributed by atoms with van der Waals surface area (Å²) in [7, 11) is 0. The van der Waals surface area contributed by atoms with Crippen LogP contribution in [-0.4, -0.2) is 0 Å². The van der Waals surface area contributed by atoms with Crippen molar-refractivity contribution in [3.8, 4) is 0 Å². The second kappa shape index (κ2) is 14.8. The number of halogens is 4. The molecule has 62 heavy (non-hydrogen) atoms. The van der Waals surface area contributed by atoms with Gasteiger partial charge in [-0.3, -0.25) is 19.6 Å². The highest BCUT2D eigenvalue weighted by Crippen LogP contribution is 2.58. The summed E-state index contributed by atoms with van der Waals surface area (Å²) in [4.78, 5) is 8.53. The first-order valence-corrected chi connectivity index (χ1v) is 21.3. The van der Waals surface area contributed by atoms with Crippen molar-refractivity contribution >= 4 is 45.5 Å². The second-order valence-electron chi connectivity index (χ2n) is 20.6. The number of benzene rings is 6. The predicted octanol–water partition coefficient (Wildman–Crippen LogP) is 15.8. The highest BCUT2D eigenvalue weighted by molar-refractivity contribution is 6.00. The Morgan fingerprint density at radius 2 is 0.484 bits per heavy atom. The van der Waals surface area contributed by atoms with Crippen molar-refractivity contribution in [2.45, 2.75) is 105 Å². The van der Waals surface area contributed by atoms with Crippen LogP contribution in [-0.2, 0) is 21.7 Å². The molecule has 8 rings (SSSR count). The Morgan fingerprint density at radius 1 is 0.290 bits per heavy atom. The van der Waals surface area contributed by atoms with Crippen LogP contribution in [0, 0.1) is 23.3 Å². The van der Waals surface area contributed by atoms with E-state index in [1.165, 1.54) is 24.3 Å². The van der Waals surface area contributed by atoms with E-state index in [1.807, 2.05) is 156 Å². The van der Waals surface area contributed by atoms with Crippen molar-refractivity contribution in [3.63, 3.8) is 0 Å². The minimum absolute atomic E-state index is 0.313. The molecule has 0 unspecified atom stereocenters. The number of hydrogen-bond donors (Lipinski definition) is 0. The normalized spacial score (nSPS) is 14.6. The first kappa shape index (κ1) is 42.7. The van der Waals surface area contributed by atoms with E-state index in [4.69, 9.17) is 0 Å². The lowest BCUT2D eigenvalue weighted by atomic mass is 9.86. The van der Waals surface area contributed by atoms with Gasteiger partial charge in [0.05, 0.1) is 22.7 Å². The molecule has 2 heterocycles. The zero-order valence-electron chi connectivity index (χ0n) is 37.8. The molecule has 2 aliphatic rings. The Labute approximate surface area is 364 Å². The Kier molecular flexibility index (Phi) is 10.2. The molecule has 2 aliphatic heterocycles. The lowest BCUT2D eigenvalue weighted by Gasteiger charge is -2.35. The molecule has 0 atom stereocenters. The molecular formula is C54H56F4N4. The van der Waals surface area contributed by atoms with Gasteiger partial charge in [-0.05, 0) is 141 Å². The smallest absolute Gasteiger partial charge is 0.166 e. The molecular weight excluding hydrogens is 781 g/mol. The molecule has 320 valence electrons. The van der Waals surface area contributed by atoms with Crippen molar-refractivity contribution in [1.82, 2.24) is 0 Å². The molecule has 0 amide bonds. The summed E-state index contributed by atoms with van der Waals surface area (Å²) in [6.07, 6.45) is 0. The second-order valence-corrected chi connectivity index (χ2v) is 20.6. The predicted molar refractivity (Wildman–Crippen MR) is 249 cm³/mol. The third-order valence-corrected chi connectivity index (χ3v) is 11.8. The molecule has 4 nitrogen and oxygen atoms in total. The first-order chi connectivity index (χ1) is 29.0. The van der Waals surface area contributed by atoms with Gasteiger partial charge in [-0.2, -0.15) is 0 Å². The van der Waals surface area contributed by atoms with Gasteiger partial charge in [0.1, 0.15) is 23.3 Å². The zero-order chi connectivity index (χ0) is 44.8. The number of fused-ring (bicyclic) bond motifs is 2. The van der Waals surface area contributed by atoms with Crippen molar-refractivity contribution < 1.29 is 17.6 Å². The first-order valence-electron chi connectivity index (χ1n) is 21.3. The Balaban J connectivity index is 1.58. The highest BCUT2D eigenvalue weighted by atomic mass is 19.1. The fraction of sp³-hybridized carbons (Fsp3) is 0.296. The quantitative estimate of drug-likeness (QED) is 0.164. The molecule has 0 fully saturated rings. The monoisotopic (exact) mass is 836 g/mol. The van der Waals surface area contributed by atoms with Gasteiger partial charge in [0, 0.05) is 22.7 Å². The number of anilines is 8. The molecule has 0 radical (unpaired) electrons.